The summed E-state index contributed by atoms with van der Waals surface area (Å²) in [6, 6.07) is 15.1. The summed E-state index contributed by atoms with van der Waals surface area (Å²) in [5, 5.41) is 3.26. The lowest BCUT2D eigenvalue weighted by molar-refractivity contribution is -0.134. The van der Waals surface area contributed by atoms with Crippen molar-refractivity contribution in [2.24, 2.45) is 5.73 Å². The molecule has 0 bridgehead atoms. The molecule has 2 aromatic rings. The first-order valence-corrected chi connectivity index (χ1v) is 7.52. The molecule has 0 spiro atoms. The highest BCUT2D eigenvalue weighted by Gasteiger charge is 2.47. The molecule has 3 rings (SSSR count). The molecule has 5 heteroatoms. The van der Waals surface area contributed by atoms with Gasteiger partial charge in [-0.05, 0) is 29.8 Å². The molecule has 1 heterocycles. The Kier molecular flexibility index (Phi) is 3.86. The molecule has 0 saturated carbocycles. The van der Waals surface area contributed by atoms with Gasteiger partial charge in [-0.2, -0.15) is 0 Å². The Balaban J connectivity index is 2.00. The summed E-state index contributed by atoms with van der Waals surface area (Å²) in [6.45, 7) is 2.26. The van der Waals surface area contributed by atoms with Crippen LogP contribution in [-0.2, 0) is 4.79 Å². The number of carbonyl (C=O) groups excluding carboxylic acids is 1. The SMILES string of the molecule is COc1cccc([C@@H](C)C2(C(N)=O)CNc3ccccc3O2)c1. The number of fused-ring (bicyclic) bond motifs is 1. The third kappa shape index (κ3) is 2.59. The highest BCUT2D eigenvalue weighted by atomic mass is 16.5. The summed E-state index contributed by atoms with van der Waals surface area (Å²) in [4.78, 5) is 12.3. The Labute approximate surface area is 135 Å². The fraction of sp³-hybridized carbons (Fsp3) is 0.278. The van der Waals surface area contributed by atoms with Crippen LogP contribution in [0.1, 0.15) is 18.4 Å². The first kappa shape index (κ1) is 15.2. The van der Waals surface area contributed by atoms with Gasteiger partial charge in [0.25, 0.3) is 5.91 Å². The molecule has 2 atom stereocenters. The number of amides is 1. The minimum atomic E-state index is -1.15. The van der Waals surface area contributed by atoms with Crippen molar-refractivity contribution in [2.45, 2.75) is 18.4 Å². The van der Waals surface area contributed by atoms with Crippen LogP contribution in [0.3, 0.4) is 0 Å². The van der Waals surface area contributed by atoms with Gasteiger partial charge in [-0.25, -0.2) is 0 Å². The predicted molar refractivity (Wildman–Crippen MR) is 88.9 cm³/mol. The topological polar surface area (TPSA) is 73.6 Å². The zero-order chi connectivity index (χ0) is 16.4. The van der Waals surface area contributed by atoms with Crippen molar-refractivity contribution in [3.05, 3.63) is 54.1 Å². The highest BCUT2D eigenvalue weighted by molar-refractivity contribution is 5.87. The maximum atomic E-state index is 12.3. The van der Waals surface area contributed by atoms with E-state index < -0.39 is 11.5 Å². The zero-order valence-corrected chi connectivity index (χ0v) is 13.2. The van der Waals surface area contributed by atoms with E-state index >= 15 is 0 Å². The van der Waals surface area contributed by atoms with Crippen LogP contribution in [-0.4, -0.2) is 25.2 Å². The van der Waals surface area contributed by atoms with Crippen LogP contribution in [0.25, 0.3) is 0 Å². The van der Waals surface area contributed by atoms with E-state index in [1.807, 2.05) is 55.5 Å². The van der Waals surface area contributed by atoms with Crippen molar-refractivity contribution in [3.8, 4) is 11.5 Å². The highest BCUT2D eigenvalue weighted by Crippen LogP contribution is 2.40. The summed E-state index contributed by atoms with van der Waals surface area (Å²) in [5.74, 6) is 0.635. The number of primary amides is 1. The van der Waals surface area contributed by atoms with E-state index in [0.717, 1.165) is 17.0 Å². The van der Waals surface area contributed by atoms with Crippen molar-refractivity contribution in [1.82, 2.24) is 0 Å². The molecule has 120 valence electrons. The summed E-state index contributed by atoms with van der Waals surface area (Å²) in [7, 11) is 1.61. The standard InChI is InChI=1S/C18H20N2O3/c1-12(13-6-5-7-14(10-13)22-2)18(17(19)21)11-20-15-8-3-4-9-16(15)23-18/h3-10,12,20H,11H2,1-2H3,(H2,19,21)/t12-,18?/m1/s1. The molecule has 0 radical (unpaired) electrons. The van der Waals surface area contributed by atoms with Gasteiger partial charge >= 0.3 is 0 Å². The second-order valence-corrected chi connectivity index (χ2v) is 5.70. The van der Waals surface area contributed by atoms with E-state index in [2.05, 4.69) is 5.32 Å². The summed E-state index contributed by atoms with van der Waals surface area (Å²) in [5.41, 5.74) is 6.38. The lowest BCUT2D eigenvalue weighted by Crippen LogP contribution is -2.59. The van der Waals surface area contributed by atoms with Gasteiger partial charge in [0.2, 0.25) is 5.60 Å². The van der Waals surface area contributed by atoms with E-state index in [4.69, 9.17) is 15.2 Å². The molecule has 1 unspecified atom stereocenters. The molecule has 3 N–H and O–H groups in total. The van der Waals surface area contributed by atoms with Gasteiger partial charge in [0.1, 0.15) is 11.5 Å². The Bertz CT molecular complexity index is 732. The Hall–Kier alpha value is -2.69. The lowest BCUT2D eigenvalue weighted by Gasteiger charge is -2.41. The average molecular weight is 312 g/mol. The first-order chi connectivity index (χ1) is 11.1. The second-order valence-electron chi connectivity index (χ2n) is 5.70. The summed E-state index contributed by atoms with van der Waals surface area (Å²) < 4.78 is 11.4. The van der Waals surface area contributed by atoms with Crippen molar-refractivity contribution in [1.29, 1.82) is 0 Å². The Morgan fingerprint density at radius 2 is 2.09 bits per heavy atom. The van der Waals surface area contributed by atoms with E-state index in [1.165, 1.54) is 0 Å². The molecule has 0 fully saturated rings. The number of nitrogens with two attached hydrogens (primary N) is 1. The number of hydrogen-bond acceptors (Lipinski definition) is 4. The largest absolute Gasteiger partial charge is 0.497 e. The molecule has 23 heavy (non-hydrogen) atoms. The maximum absolute atomic E-state index is 12.3. The zero-order valence-electron chi connectivity index (χ0n) is 13.2. The number of anilines is 1. The molecule has 0 aromatic heterocycles. The van der Waals surface area contributed by atoms with Gasteiger partial charge in [0.15, 0.2) is 0 Å². The number of nitrogens with one attached hydrogen (secondary N) is 1. The summed E-state index contributed by atoms with van der Waals surface area (Å²) in [6.07, 6.45) is 0. The van der Waals surface area contributed by atoms with Gasteiger partial charge in [-0.15, -0.1) is 0 Å². The van der Waals surface area contributed by atoms with Crippen molar-refractivity contribution in [2.75, 3.05) is 19.0 Å². The van der Waals surface area contributed by atoms with E-state index in [-0.39, 0.29) is 5.92 Å². The average Bonchev–Trinajstić information content (AvgIpc) is 2.60. The van der Waals surface area contributed by atoms with Gasteiger partial charge < -0.3 is 20.5 Å². The Morgan fingerprint density at radius 1 is 1.30 bits per heavy atom. The molecule has 1 aliphatic rings. The maximum Gasteiger partial charge on any atom is 0.264 e. The number of hydrogen-bond donors (Lipinski definition) is 2. The van der Waals surface area contributed by atoms with Crippen LogP contribution >= 0.6 is 0 Å². The van der Waals surface area contributed by atoms with Crippen molar-refractivity contribution < 1.29 is 14.3 Å². The number of methoxy groups -OCH3 is 1. The third-order valence-electron chi connectivity index (χ3n) is 4.43. The molecular weight excluding hydrogens is 292 g/mol. The van der Waals surface area contributed by atoms with Gasteiger partial charge in [0, 0.05) is 5.92 Å². The van der Waals surface area contributed by atoms with E-state index in [9.17, 15) is 4.79 Å². The molecule has 2 aromatic carbocycles. The number of ether oxygens (including phenoxy) is 2. The summed E-state index contributed by atoms with van der Waals surface area (Å²) >= 11 is 0. The quantitative estimate of drug-likeness (QED) is 0.910. The number of rotatable bonds is 4. The van der Waals surface area contributed by atoms with Crippen LogP contribution < -0.4 is 20.5 Å². The van der Waals surface area contributed by atoms with Crippen LogP contribution in [0.15, 0.2) is 48.5 Å². The third-order valence-corrected chi connectivity index (χ3v) is 4.43. The van der Waals surface area contributed by atoms with Crippen LogP contribution in [0.5, 0.6) is 11.5 Å². The molecule has 0 saturated heterocycles. The Morgan fingerprint density at radius 3 is 2.83 bits per heavy atom. The predicted octanol–water partition coefficient (Wildman–Crippen LogP) is 2.53. The smallest absolute Gasteiger partial charge is 0.264 e. The normalized spacial score (nSPS) is 20.6. The van der Waals surface area contributed by atoms with Crippen LogP contribution in [0.2, 0.25) is 0 Å². The molecule has 1 amide bonds. The minimum Gasteiger partial charge on any atom is -0.497 e. The van der Waals surface area contributed by atoms with Crippen LogP contribution in [0, 0.1) is 0 Å². The van der Waals surface area contributed by atoms with Gasteiger partial charge in [0.05, 0.1) is 19.3 Å². The number of carbonyl (C=O) groups is 1. The van der Waals surface area contributed by atoms with Crippen molar-refractivity contribution in [3.63, 3.8) is 0 Å². The fourth-order valence-electron chi connectivity index (χ4n) is 2.93. The van der Waals surface area contributed by atoms with Crippen LogP contribution in [0.4, 0.5) is 5.69 Å². The van der Waals surface area contributed by atoms with E-state index in [1.54, 1.807) is 7.11 Å². The fourth-order valence-corrected chi connectivity index (χ4v) is 2.93. The molecule has 1 aliphatic heterocycles. The number of benzene rings is 2. The minimum absolute atomic E-state index is 0.240. The lowest BCUT2D eigenvalue weighted by atomic mass is 9.81. The molecule has 5 nitrogen and oxygen atoms in total. The first-order valence-electron chi connectivity index (χ1n) is 7.52. The molecule has 0 aliphatic carbocycles. The van der Waals surface area contributed by atoms with Gasteiger partial charge in [-0.3, -0.25) is 4.79 Å². The monoisotopic (exact) mass is 312 g/mol. The number of para-hydroxylation sites is 2. The second kappa shape index (κ2) is 5.83. The molecular formula is C18H20N2O3. The van der Waals surface area contributed by atoms with Gasteiger partial charge in [-0.1, -0.05) is 31.2 Å². The van der Waals surface area contributed by atoms with E-state index in [0.29, 0.717) is 12.3 Å². The van der Waals surface area contributed by atoms with Crippen molar-refractivity contribution >= 4 is 11.6 Å².